The fourth-order valence-electron chi connectivity index (χ4n) is 3.18. The average Bonchev–Trinajstić information content (AvgIpc) is 2.78. The van der Waals surface area contributed by atoms with Crippen molar-refractivity contribution in [3.8, 4) is 0 Å². The minimum absolute atomic E-state index is 0.125. The van der Waals surface area contributed by atoms with Gasteiger partial charge in [-0.2, -0.15) is 0 Å². The van der Waals surface area contributed by atoms with Crippen LogP contribution in [0.2, 0.25) is 0 Å². The molecule has 0 N–H and O–H groups in total. The summed E-state index contributed by atoms with van der Waals surface area (Å²) in [5.41, 5.74) is 2.92. The molecule has 0 saturated heterocycles. The number of halogens is 1. The summed E-state index contributed by atoms with van der Waals surface area (Å²) in [5, 5.41) is 0. The number of amides is 1. The Balaban J connectivity index is 1.66. The lowest BCUT2D eigenvalue weighted by Crippen LogP contribution is -2.33. The van der Waals surface area contributed by atoms with Crippen LogP contribution in [0.25, 0.3) is 6.08 Å². The van der Waals surface area contributed by atoms with Crippen LogP contribution in [-0.4, -0.2) is 19.0 Å². The number of rotatable bonds is 4. The van der Waals surface area contributed by atoms with Gasteiger partial charge in [-0.1, -0.05) is 48.2 Å². The first-order valence-electron chi connectivity index (χ1n) is 9.28. The number of ether oxygens (including phenoxy) is 1. The molecule has 0 aromatic heterocycles. The van der Waals surface area contributed by atoms with Crippen molar-refractivity contribution in [1.29, 1.82) is 0 Å². The van der Waals surface area contributed by atoms with Crippen molar-refractivity contribution in [1.82, 2.24) is 0 Å². The summed E-state index contributed by atoms with van der Waals surface area (Å²) in [5.74, 6) is -0.840. The summed E-state index contributed by atoms with van der Waals surface area (Å²) < 4.78 is 18.0. The van der Waals surface area contributed by atoms with Crippen molar-refractivity contribution >= 4 is 35.4 Å². The maximum absolute atomic E-state index is 13.3. The predicted molar refractivity (Wildman–Crippen MR) is 116 cm³/mol. The summed E-state index contributed by atoms with van der Waals surface area (Å²) in [4.78, 5) is 28.1. The summed E-state index contributed by atoms with van der Waals surface area (Å²) in [6, 6.07) is 20.7. The van der Waals surface area contributed by atoms with Crippen molar-refractivity contribution in [3.05, 3.63) is 100 Å². The Morgan fingerprint density at radius 2 is 1.73 bits per heavy atom. The second kappa shape index (κ2) is 8.55. The summed E-state index contributed by atoms with van der Waals surface area (Å²) in [6.45, 7) is 0.343. The fourth-order valence-corrected chi connectivity index (χ4v) is 4.24. The monoisotopic (exact) mass is 419 g/mol. The van der Waals surface area contributed by atoms with Gasteiger partial charge in [-0.05, 0) is 53.6 Å². The number of hydrogen-bond donors (Lipinski definition) is 0. The second-order valence-corrected chi connectivity index (χ2v) is 7.79. The molecule has 0 aliphatic carbocycles. The molecular formula is C24H18FNO3S. The molecule has 1 aliphatic heterocycles. The highest BCUT2D eigenvalue weighted by Gasteiger charge is 2.29. The van der Waals surface area contributed by atoms with Crippen molar-refractivity contribution in [3.63, 3.8) is 0 Å². The number of nitrogens with zero attached hydrogens (tertiary/aromatic N) is 1. The fraction of sp³-hybridized carbons (Fsp3) is 0.0833. The molecule has 0 radical (unpaired) electrons. The smallest absolute Gasteiger partial charge is 0.337 e. The molecule has 3 aromatic carbocycles. The van der Waals surface area contributed by atoms with Crippen LogP contribution >= 0.6 is 11.8 Å². The molecule has 0 saturated carbocycles. The highest BCUT2D eigenvalue weighted by Crippen LogP contribution is 2.42. The van der Waals surface area contributed by atoms with E-state index in [2.05, 4.69) is 0 Å². The maximum atomic E-state index is 13.3. The van der Waals surface area contributed by atoms with Crippen molar-refractivity contribution in [2.75, 3.05) is 12.0 Å². The van der Waals surface area contributed by atoms with Gasteiger partial charge in [0.15, 0.2) is 0 Å². The average molecular weight is 419 g/mol. The standard InChI is InChI=1S/C24H18FNO3S/c1-29-24(28)18-10-6-16(7-11-18)14-22-23(27)26(15-17-8-12-19(25)13-9-17)20-4-2-3-5-21(20)30-22/h2-14H,15H2,1H3. The lowest BCUT2D eigenvalue weighted by molar-refractivity contribution is -0.114. The van der Waals surface area contributed by atoms with E-state index in [-0.39, 0.29) is 11.7 Å². The number of anilines is 1. The molecule has 6 heteroatoms. The van der Waals surface area contributed by atoms with E-state index in [1.54, 1.807) is 41.3 Å². The molecule has 0 atom stereocenters. The highest BCUT2D eigenvalue weighted by molar-refractivity contribution is 8.04. The maximum Gasteiger partial charge on any atom is 0.337 e. The molecule has 4 rings (SSSR count). The van der Waals surface area contributed by atoms with Gasteiger partial charge in [0.25, 0.3) is 5.91 Å². The first-order chi connectivity index (χ1) is 14.5. The minimum atomic E-state index is -0.406. The van der Waals surface area contributed by atoms with Crippen LogP contribution in [0.3, 0.4) is 0 Å². The first-order valence-corrected chi connectivity index (χ1v) is 10.1. The van der Waals surface area contributed by atoms with E-state index in [0.717, 1.165) is 21.7 Å². The lowest BCUT2D eigenvalue weighted by Gasteiger charge is -2.30. The number of hydrogen-bond acceptors (Lipinski definition) is 4. The van der Waals surface area contributed by atoms with Crippen LogP contribution in [0.1, 0.15) is 21.5 Å². The van der Waals surface area contributed by atoms with Gasteiger partial charge in [0, 0.05) is 4.90 Å². The molecule has 0 unspecified atom stereocenters. The normalized spacial score (nSPS) is 14.5. The molecule has 0 spiro atoms. The van der Waals surface area contributed by atoms with Crippen LogP contribution in [0, 0.1) is 5.82 Å². The number of fused-ring (bicyclic) bond motifs is 1. The van der Waals surface area contributed by atoms with E-state index >= 15 is 0 Å². The molecule has 1 amide bonds. The zero-order chi connectivity index (χ0) is 21.1. The topological polar surface area (TPSA) is 46.6 Å². The third-order valence-electron chi connectivity index (χ3n) is 4.72. The molecule has 0 bridgehead atoms. The van der Waals surface area contributed by atoms with Crippen LogP contribution in [0.5, 0.6) is 0 Å². The molecular weight excluding hydrogens is 401 g/mol. The quantitative estimate of drug-likeness (QED) is 0.426. The summed E-state index contributed by atoms with van der Waals surface area (Å²) >= 11 is 1.41. The number of thioether (sulfide) groups is 1. The van der Waals surface area contributed by atoms with Crippen LogP contribution in [0.15, 0.2) is 82.6 Å². The Hall–Kier alpha value is -3.38. The minimum Gasteiger partial charge on any atom is -0.465 e. The predicted octanol–water partition coefficient (Wildman–Crippen LogP) is 5.29. The Bertz CT molecular complexity index is 1120. The third-order valence-corrected chi connectivity index (χ3v) is 5.79. The number of benzene rings is 3. The number of para-hydroxylation sites is 1. The van der Waals surface area contributed by atoms with Gasteiger partial charge in [0.1, 0.15) is 5.82 Å². The number of carbonyl (C=O) groups excluding carboxylic acids is 2. The van der Waals surface area contributed by atoms with Gasteiger partial charge in [-0.15, -0.1) is 0 Å². The van der Waals surface area contributed by atoms with Gasteiger partial charge in [0.2, 0.25) is 0 Å². The Labute approximate surface area is 178 Å². The van der Waals surface area contributed by atoms with E-state index in [1.807, 2.05) is 30.3 Å². The van der Waals surface area contributed by atoms with Gasteiger partial charge in [-0.25, -0.2) is 9.18 Å². The Morgan fingerprint density at radius 1 is 1.03 bits per heavy atom. The van der Waals surface area contributed by atoms with Crippen LogP contribution in [0.4, 0.5) is 10.1 Å². The van der Waals surface area contributed by atoms with E-state index in [0.29, 0.717) is 17.0 Å². The van der Waals surface area contributed by atoms with Crippen molar-refractivity contribution < 1.29 is 18.7 Å². The molecule has 3 aromatic rings. The Morgan fingerprint density at radius 3 is 2.43 bits per heavy atom. The zero-order valence-corrected chi connectivity index (χ0v) is 17.0. The summed E-state index contributed by atoms with van der Waals surface area (Å²) in [6.07, 6.45) is 1.81. The lowest BCUT2D eigenvalue weighted by atomic mass is 10.1. The van der Waals surface area contributed by atoms with Gasteiger partial charge >= 0.3 is 5.97 Å². The van der Waals surface area contributed by atoms with E-state index in [1.165, 1.54) is 31.0 Å². The highest BCUT2D eigenvalue weighted by atomic mass is 32.2. The SMILES string of the molecule is COC(=O)c1ccc(C=C2Sc3ccccc3N(Cc3ccc(F)cc3)C2=O)cc1. The van der Waals surface area contributed by atoms with Crippen LogP contribution < -0.4 is 4.90 Å². The van der Waals surface area contributed by atoms with Crippen molar-refractivity contribution in [2.45, 2.75) is 11.4 Å². The molecule has 30 heavy (non-hydrogen) atoms. The van der Waals surface area contributed by atoms with E-state index in [9.17, 15) is 14.0 Å². The summed E-state index contributed by atoms with van der Waals surface area (Å²) in [7, 11) is 1.34. The van der Waals surface area contributed by atoms with Crippen molar-refractivity contribution in [2.24, 2.45) is 0 Å². The third kappa shape index (κ3) is 4.14. The van der Waals surface area contributed by atoms with Gasteiger partial charge in [-0.3, -0.25) is 4.79 Å². The Kier molecular flexibility index (Phi) is 5.68. The molecule has 0 fully saturated rings. The van der Waals surface area contributed by atoms with Gasteiger partial charge < -0.3 is 9.64 Å². The molecule has 150 valence electrons. The second-order valence-electron chi connectivity index (χ2n) is 6.71. The number of methoxy groups -OCH3 is 1. The first kappa shape index (κ1) is 19.9. The number of esters is 1. The largest absolute Gasteiger partial charge is 0.465 e. The van der Waals surface area contributed by atoms with E-state index < -0.39 is 5.97 Å². The molecule has 1 aliphatic rings. The van der Waals surface area contributed by atoms with E-state index in [4.69, 9.17) is 4.74 Å². The molecule has 1 heterocycles. The zero-order valence-electron chi connectivity index (χ0n) is 16.2. The van der Waals surface area contributed by atoms with Gasteiger partial charge in [0.05, 0.1) is 29.8 Å². The number of carbonyl (C=O) groups is 2. The molecule has 4 nitrogen and oxygen atoms in total. The van der Waals surface area contributed by atoms with Crippen LogP contribution in [-0.2, 0) is 16.1 Å².